The standard InChI is InChI=1S/C21H25NO5/c1-3-4-5-14-26-21(24)16-6-8-17(9-7-16)22-20(23)15-27-19-12-10-18(25-2)11-13-19/h6-13H,3-5,14-15H2,1-2H3,(H,22,23). The Morgan fingerprint density at radius 3 is 2.22 bits per heavy atom. The number of hydrogen-bond donors (Lipinski definition) is 1. The van der Waals surface area contributed by atoms with Crippen LogP contribution in [-0.2, 0) is 9.53 Å². The molecular weight excluding hydrogens is 346 g/mol. The summed E-state index contributed by atoms with van der Waals surface area (Å²) in [6, 6.07) is 13.5. The van der Waals surface area contributed by atoms with Gasteiger partial charge in [-0.25, -0.2) is 4.79 Å². The highest BCUT2D eigenvalue weighted by Gasteiger charge is 2.08. The van der Waals surface area contributed by atoms with E-state index in [1.165, 1.54) is 0 Å². The summed E-state index contributed by atoms with van der Waals surface area (Å²) >= 11 is 0. The number of esters is 1. The molecule has 6 heteroatoms. The molecule has 0 saturated heterocycles. The molecular formula is C21H25NO5. The third-order valence-electron chi connectivity index (χ3n) is 3.81. The zero-order valence-electron chi connectivity index (χ0n) is 15.7. The van der Waals surface area contributed by atoms with E-state index in [1.807, 2.05) is 0 Å². The molecule has 0 atom stereocenters. The number of benzene rings is 2. The minimum absolute atomic E-state index is 0.118. The first-order chi connectivity index (χ1) is 13.1. The number of carbonyl (C=O) groups excluding carboxylic acids is 2. The fraction of sp³-hybridized carbons (Fsp3) is 0.333. The summed E-state index contributed by atoms with van der Waals surface area (Å²) in [6.07, 6.45) is 2.98. The van der Waals surface area contributed by atoms with Crippen LogP contribution in [0.3, 0.4) is 0 Å². The van der Waals surface area contributed by atoms with Gasteiger partial charge in [-0.1, -0.05) is 19.8 Å². The molecule has 0 aliphatic carbocycles. The van der Waals surface area contributed by atoms with E-state index in [1.54, 1.807) is 55.6 Å². The van der Waals surface area contributed by atoms with Crippen molar-refractivity contribution in [3.8, 4) is 11.5 Å². The maximum atomic E-state index is 12.0. The summed E-state index contributed by atoms with van der Waals surface area (Å²) in [4.78, 5) is 23.9. The van der Waals surface area contributed by atoms with E-state index in [9.17, 15) is 9.59 Å². The van der Waals surface area contributed by atoms with Crippen LogP contribution in [0.1, 0.15) is 36.5 Å². The van der Waals surface area contributed by atoms with Crippen molar-refractivity contribution in [3.05, 3.63) is 54.1 Å². The van der Waals surface area contributed by atoms with Crippen LogP contribution in [0.2, 0.25) is 0 Å². The summed E-state index contributed by atoms with van der Waals surface area (Å²) in [5, 5.41) is 2.72. The zero-order valence-corrected chi connectivity index (χ0v) is 15.7. The number of amides is 1. The van der Waals surface area contributed by atoms with E-state index in [0.717, 1.165) is 25.0 Å². The topological polar surface area (TPSA) is 73.9 Å². The SMILES string of the molecule is CCCCCOC(=O)c1ccc(NC(=O)COc2ccc(OC)cc2)cc1. The molecule has 0 aromatic heterocycles. The molecule has 6 nitrogen and oxygen atoms in total. The van der Waals surface area contributed by atoms with Gasteiger partial charge in [-0.3, -0.25) is 4.79 Å². The first-order valence-electron chi connectivity index (χ1n) is 8.96. The van der Waals surface area contributed by atoms with Gasteiger partial charge in [0.1, 0.15) is 11.5 Å². The first kappa shape index (κ1) is 20.3. The summed E-state index contributed by atoms with van der Waals surface area (Å²) in [6.45, 7) is 2.40. The predicted molar refractivity (Wildman–Crippen MR) is 103 cm³/mol. The Morgan fingerprint density at radius 2 is 1.59 bits per heavy atom. The van der Waals surface area contributed by atoms with Crippen molar-refractivity contribution in [2.75, 3.05) is 25.6 Å². The molecule has 0 aliphatic heterocycles. The number of unbranched alkanes of at least 4 members (excludes halogenated alkanes) is 2. The number of carbonyl (C=O) groups is 2. The Labute approximate surface area is 159 Å². The lowest BCUT2D eigenvalue weighted by Gasteiger charge is -2.09. The molecule has 0 radical (unpaired) electrons. The maximum absolute atomic E-state index is 12.0. The summed E-state index contributed by atoms with van der Waals surface area (Å²) in [5.41, 5.74) is 1.04. The third kappa shape index (κ3) is 7.01. The smallest absolute Gasteiger partial charge is 0.338 e. The Balaban J connectivity index is 1.77. The molecule has 0 aliphatic rings. The number of rotatable bonds is 10. The number of ether oxygens (including phenoxy) is 3. The van der Waals surface area contributed by atoms with E-state index in [0.29, 0.717) is 23.6 Å². The monoisotopic (exact) mass is 371 g/mol. The molecule has 144 valence electrons. The Hall–Kier alpha value is -3.02. The fourth-order valence-corrected chi connectivity index (χ4v) is 2.31. The van der Waals surface area contributed by atoms with Gasteiger partial charge in [0.15, 0.2) is 6.61 Å². The van der Waals surface area contributed by atoms with Crippen LogP contribution >= 0.6 is 0 Å². The molecule has 0 fully saturated rings. The summed E-state index contributed by atoms with van der Waals surface area (Å²) < 4.78 is 15.7. The number of anilines is 1. The van der Waals surface area contributed by atoms with Crippen molar-refractivity contribution in [1.82, 2.24) is 0 Å². The van der Waals surface area contributed by atoms with Gasteiger partial charge in [0.25, 0.3) is 5.91 Å². The quantitative estimate of drug-likeness (QED) is 0.504. The molecule has 2 rings (SSSR count). The Kier molecular flexibility index (Phi) is 8.16. The minimum atomic E-state index is -0.355. The molecule has 1 N–H and O–H groups in total. The van der Waals surface area contributed by atoms with Gasteiger partial charge in [-0.05, 0) is 55.0 Å². The maximum Gasteiger partial charge on any atom is 0.338 e. The van der Waals surface area contributed by atoms with E-state index in [4.69, 9.17) is 14.2 Å². The molecule has 1 amide bonds. The second-order valence-electron chi connectivity index (χ2n) is 5.93. The average molecular weight is 371 g/mol. The normalized spacial score (nSPS) is 10.1. The number of methoxy groups -OCH3 is 1. The molecule has 27 heavy (non-hydrogen) atoms. The molecule has 0 unspecified atom stereocenters. The highest BCUT2D eigenvalue weighted by molar-refractivity contribution is 5.93. The second kappa shape index (κ2) is 10.9. The van der Waals surface area contributed by atoms with E-state index >= 15 is 0 Å². The van der Waals surface area contributed by atoms with Gasteiger partial charge in [-0.2, -0.15) is 0 Å². The Morgan fingerprint density at radius 1 is 0.926 bits per heavy atom. The van der Waals surface area contributed by atoms with E-state index in [-0.39, 0.29) is 18.5 Å². The van der Waals surface area contributed by atoms with Crippen molar-refractivity contribution in [1.29, 1.82) is 0 Å². The summed E-state index contributed by atoms with van der Waals surface area (Å²) in [5.74, 6) is 0.649. The number of nitrogens with one attached hydrogen (secondary N) is 1. The van der Waals surface area contributed by atoms with Crippen molar-refractivity contribution in [2.24, 2.45) is 0 Å². The fourth-order valence-electron chi connectivity index (χ4n) is 2.31. The van der Waals surface area contributed by atoms with Crippen molar-refractivity contribution in [3.63, 3.8) is 0 Å². The van der Waals surface area contributed by atoms with Crippen LogP contribution in [0.5, 0.6) is 11.5 Å². The molecule has 0 bridgehead atoms. The van der Waals surface area contributed by atoms with Crippen LogP contribution in [0.4, 0.5) is 5.69 Å². The molecule has 0 saturated carbocycles. The van der Waals surface area contributed by atoms with Crippen LogP contribution in [0, 0.1) is 0 Å². The van der Waals surface area contributed by atoms with Crippen molar-refractivity contribution >= 4 is 17.6 Å². The van der Waals surface area contributed by atoms with Crippen LogP contribution in [-0.4, -0.2) is 32.2 Å². The van der Waals surface area contributed by atoms with Gasteiger partial charge < -0.3 is 19.5 Å². The van der Waals surface area contributed by atoms with E-state index in [2.05, 4.69) is 12.2 Å². The van der Waals surface area contributed by atoms with Crippen LogP contribution in [0.15, 0.2) is 48.5 Å². The highest BCUT2D eigenvalue weighted by Crippen LogP contribution is 2.17. The van der Waals surface area contributed by atoms with Gasteiger partial charge in [0.2, 0.25) is 0 Å². The second-order valence-corrected chi connectivity index (χ2v) is 5.93. The number of hydrogen-bond acceptors (Lipinski definition) is 5. The lowest BCUT2D eigenvalue weighted by molar-refractivity contribution is -0.118. The Bertz CT molecular complexity index is 725. The van der Waals surface area contributed by atoms with Gasteiger partial charge in [0, 0.05) is 5.69 Å². The largest absolute Gasteiger partial charge is 0.497 e. The summed E-state index contributed by atoms with van der Waals surface area (Å²) in [7, 11) is 1.58. The molecule has 0 heterocycles. The third-order valence-corrected chi connectivity index (χ3v) is 3.81. The minimum Gasteiger partial charge on any atom is -0.497 e. The average Bonchev–Trinajstić information content (AvgIpc) is 2.70. The highest BCUT2D eigenvalue weighted by atomic mass is 16.5. The zero-order chi connectivity index (χ0) is 19.5. The predicted octanol–water partition coefficient (Wildman–Crippen LogP) is 4.06. The van der Waals surface area contributed by atoms with E-state index < -0.39 is 0 Å². The molecule has 0 spiro atoms. The van der Waals surface area contributed by atoms with Crippen LogP contribution in [0.25, 0.3) is 0 Å². The van der Waals surface area contributed by atoms with Crippen molar-refractivity contribution < 1.29 is 23.8 Å². The van der Waals surface area contributed by atoms with Crippen LogP contribution < -0.4 is 14.8 Å². The lowest BCUT2D eigenvalue weighted by Crippen LogP contribution is -2.20. The van der Waals surface area contributed by atoms with Crippen molar-refractivity contribution in [2.45, 2.75) is 26.2 Å². The lowest BCUT2D eigenvalue weighted by atomic mass is 10.2. The van der Waals surface area contributed by atoms with Gasteiger partial charge >= 0.3 is 5.97 Å². The molecule has 2 aromatic carbocycles. The van der Waals surface area contributed by atoms with Gasteiger partial charge in [0.05, 0.1) is 19.3 Å². The molecule has 2 aromatic rings. The first-order valence-corrected chi connectivity index (χ1v) is 8.96. The van der Waals surface area contributed by atoms with Gasteiger partial charge in [-0.15, -0.1) is 0 Å².